The van der Waals surface area contributed by atoms with E-state index in [9.17, 15) is 4.79 Å². The van der Waals surface area contributed by atoms with Crippen LogP contribution in [0.1, 0.15) is 11.6 Å². The monoisotopic (exact) mass is 244 g/mol. The molecular formula is C13H16N4O. The number of aromatic nitrogens is 2. The van der Waals surface area contributed by atoms with Gasteiger partial charge in [0, 0.05) is 25.5 Å². The minimum absolute atomic E-state index is 0.0759. The van der Waals surface area contributed by atoms with E-state index in [4.69, 9.17) is 0 Å². The maximum Gasteiger partial charge on any atom is 0.242 e. The van der Waals surface area contributed by atoms with E-state index < -0.39 is 0 Å². The Morgan fingerprint density at radius 1 is 1.39 bits per heavy atom. The van der Waals surface area contributed by atoms with Crippen molar-refractivity contribution in [3.05, 3.63) is 30.0 Å². The summed E-state index contributed by atoms with van der Waals surface area (Å²) in [6, 6.07) is 5.89. The predicted molar refractivity (Wildman–Crippen MR) is 69.1 cm³/mol. The number of piperazine rings is 1. The van der Waals surface area contributed by atoms with Crippen LogP contribution in [-0.4, -0.2) is 40.7 Å². The number of benzene rings is 1. The zero-order valence-corrected chi connectivity index (χ0v) is 10.6. The number of likely N-dealkylation sites (N-methyl/N-ethyl adjacent to an activating group) is 1. The van der Waals surface area contributed by atoms with Crippen LogP contribution in [0.15, 0.2) is 24.4 Å². The number of carbonyl (C=O) groups excluding carboxylic acids is 1. The Kier molecular flexibility index (Phi) is 2.56. The second-order valence-electron chi connectivity index (χ2n) is 4.76. The molecule has 0 aliphatic carbocycles. The van der Waals surface area contributed by atoms with Crippen LogP contribution >= 0.6 is 0 Å². The molecule has 0 radical (unpaired) electrons. The zero-order chi connectivity index (χ0) is 12.7. The van der Waals surface area contributed by atoms with Gasteiger partial charge in [-0.3, -0.25) is 14.4 Å². The van der Waals surface area contributed by atoms with Crippen molar-refractivity contribution >= 4 is 16.8 Å². The van der Waals surface area contributed by atoms with E-state index in [1.165, 1.54) is 0 Å². The molecule has 3 rings (SSSR count). The highest BCUT2D eigenvalue weighted by Gasteiger charge is 2.28. The molecule has 1 aromatic heterocycles. The zero-order valence-electron chi connectivity index (χ0n) is 10.6. The van der Waals surface area contributed by atoms with Gasteiger partial charge in [0.2, 0.25) is 5.91 Å². The quantitative estimate of drug-likeness (QED) is 0.802. The van der Waals surface area contributed by atoms with Crippen LogP contribution in [0.5, 0.6) is 0 Å². The van der Waals surface area contributed by atoms with Gasteiger partial charge in [-0.15, -0.1) is 0 Å². The van der Waals surface area contributed by atoms with Crippen LogP contribution in [0.4, 0.5) is 0 Å². The largest absolute Gasteiger partial charge is 0.353 e. The standard InChI is InChI=1S/C13H16N4O/c1-16-6-5-14-13(18)12(16)9-3-4-11-10(7-9)8-15-17(11)2/h3-4,7-8,12H,5-6H2,1-2H3,(H,14,18). The Bertz CT molecular complexity index is 604. The highest BCUT2D eigenvalue weighted by Crippen LogP contribution is 2.25. The van der Waals surface area contributed by atoms with Crippen molar-refractivity contribution in [1.82, 2.24) is 20.0 Å². The second kappa shape index (κ2) is 4.10. The molecule has 2 heterocycles. The van der Waals surface area contributed by atoms with E-state index in [0.29, 0.717) is 0 Å². The van der Waals surface area contributed by atoms with Gasteiger partial charge in [-0.25, -0.2) is 0 Å². The Labute approximate surface area is 105 Å². The highest BCUT2D eigenvalue weighted by atomic mass is 16.2. The normalized spacial score (nSPS) is 21.2. The lowest BCUT2D eigenvalue weighted by atomic mass is 10.0. The molecule has 1 aliphatic rings. The molecule has 18 heavy (non-hydrogen) atoms. The Hall–Kier alpha value is -1.88. The van der Waals surface area contributed by atoms with Crippen LogP contribution in [0.25, 0.3) is 10.9 Å². The van der Waals surface area contributed by atoms with E-state index in [1.54, 1.807) is 0 Å². The van der Waals surface area contributed by atoms with Crippen molar-refractivity contribution in [2.45, 2.75) is 6.04 Å². The molecule has 1 atom stereocenters. The van der Waals surface area contributed by atoms with Gasteiger partial charge >= 0.3 is 0 Å². The summed E-state index contributed by atoms with van der Waals surface area (Å²) in [7, 11) is 3.90. The first-order valence-electron chi connectivity index (χ1n) is 6.06. The number of fused-ring (bicyclic) bond motifs is 1. The van der Waals surface area contributed by atoms with E-state index >= 15 is 0 Å². The average Bonchev–Trinajstić information content (AvgIpc) is 2.71. The van der Waals surface area contributed by atoms with Crippen molar-refractivity contribution in [1.29, 1.82) is 0 Å². The molecule has 5 nitrogen and oxygen atoms in total. The number of nitrogens with one attached hydrogen (secondary N) is 1. The summed E-state index contributed by atoms with van der Waals surface area (Å²) in [6.45, 7) is 1.60. The molecular weight excluding hydrogens is 228 g/mol. The van der Waals surface area contributed by atoms with Gasteiger partial charge in [0.15, 0.2) is 0 Å². The molecule has 1 saturated heterocycles. The van der Waals surface area contributed by atoms with Gasteiger partial charge in [-0.05, 0) is 24.7 Å². The minimum Gasteiger partial charge on any atom is -0.353 e. The lowest BCUT2D eigenvalue weighted by Gasteiger charge is -2.32. The summed E-state index contributed by atoms with van der Waals surface area (Å²) in [5, 5.41) is 8.21. The molecule has 94 valence electrons. The van der Waals surface area contributed by atoms with Gasteiger partial charge < -0.3 is 5.32 Å². The molecule has 5 heteroatoms. The lowest BCUT2D eigenvalue weighted by molar-refractivity contribution is -0.128. The second-order valence-corrected chi connectivity index (χ2v) is 4.76. The summed E-state index contributed by atoms with van der Waals surface area (Å²) in [5.41, 5.74) is 2.10. The number of rotatable bonds is 1. The minimum atomic E-state index is -0.191. The van der Waals surface area contributed by atoms with E-state index in [2.05, 4.69) is 21.4 Å². The van der Waals surface area contributed by atoms with Crippen molar-refractivity contribution in [3.8, 4) is 0 Å². The number of aryl methyl sites for hydroxylation is 1. The molecule has 0 spiro atoms. The molecule has 1 fully saturated rings. The fourth-order valence-electron chi connectivity index (χ4n) is 2.54. The first-order valence-corrected chi connectivity index (χ1v) is 6.06. The van der Waals surface area contributed by atoms with Gasteiger partial charge in [0.1, 0.15) is 6.04 Å². The first-order chi connectivity index (χ1) is 8.66. The molecule has 1 aliphatic heterocycles. The molecule has 1 amide bonds. The van der Waals surface area contributed by atoms with Crippen LogP contribution in [0.2, 0.25) is 0 Å². The third kappa shape index (κ3) is 1.67. The van der Waals surface area contributed by atoms with Crippen LogP contribution in [-0.2, 0) is 11.8 Å². The van der Waals surface area contributed by atoms with Gasteiger partial charge in [0.25, 0.3) is 0 Å². The van der Waals surface area contributed by atoms with Crippen molar-refractivity contribution in [2.75, 3.05) is 20.1 Å². The SMILES string of the molecule is CN1CCNC(=O)C1c1ccc2c(cnn2C)c1. The summed E-state index contributed by atoms with van der Waals surface area (Å²) < 4.78 is 1.84. The number of nitrogens with zero attached hydrogens (tertiary/aromatic N) is 3. The Morgan fingerprint density at radius 3 is 3.00 bits per heavy atom. The molecule has 0 bridgehead atoms. The topological polar surface area (TPSA) is 50.2 Å². The number of hydrogen-bond acceptors (Lipinski definition) is 3. The molecule has 1 unspecified atom stereocenters. The van der Waals surface area contributed by atoms with Gasteiger partial charge in [0.05, 0.1) is 11.7 Å². The fraction of sp³-hybridized carbons (Fsp3) is 0.385. The van der Waals surface area contributed by atoms with Crippen molar-refractivity contribution in [3.63, 3.8) is 0 Å². The van der Waals surface area contributed by atoms with Gasteiger partial charge in [-0.2, -0.15) is 5.10 Å². The summed E-state index contributed by atoms with van der Waals surface area (Å²) in [5.74, 6) is 0.0759. The van der Waals surface area contributed by atoms with Crippen LogP contribution < -0.4 is 5.32 Å². The number of hydrogen-bond donors (Lipinski definition) is 1. The average molecular weight is 244 g/mol. The predicted octanol–water partition coefficient (Wildman–Crippen LogP) is 0.676. The smallest absolute Gasteiger partial charge is 0.242 e. The maximum absolute atomic E-state index is 12.0. The number of carbonyl (C=O) groups is 1. The molecule has 1 aromatic carbocycles. The third-order valence-corrected chi connectivity index (χ3v) is 3.54. The van der Waals surface area contributed by atoms with E-state index in [-0.39, 0.29) is 11.9 Å². The summed E-state index contributed by atoms with van der Waals surface area (Å²) in [4.78, 5) is 14.1. The van der Waals surface area contributed by atoms with E-state index in [1.807, 2.05) is 37.1 Å². The number of amides is 1. The summed E-state index contributed by atoms with van der Waals surface area (Å²) in [6.07, 6.45) is 1.83. The van der Waals surface area contributed by atoms with E-state index in [0.717, 1.165) is 29.6 Å². The Balaban J connectivity index is 2.05. The molecule has 0 saturated carbocycles. The van der Waals surface area contributed by atoms with Crippen LogP contribution in [0, 0.1) is 0 Å². The molecule has 2 aromatic rings. The first kappa shape index (κ1) is 11.2. The van der Waals surface area contributed by atoms with Gasteiger partial charge in [-0.1, -0.05) is 6.07 Å². The lowest BCUT2D eigenvalue weighted by Crippen LogP contribution is -2.48. The molecule has 1 N–H and O–H groups in total. The van der Waals surface area contributed by atoms with Crippen molar-refractivity contribution < 1.29 is 4.79 Å². The van der Waals surface area contributed by atoms with Crippen molar-refractivity contribution in [2.24, 2.45) is 7.05 Å². The Morgan fingerprint density at radius 2 is 2.22 bits per heavy atom. The summed E-state index contributed by atoms with van der Waals surface area (Å²) >= 11 is 0. The maximum atomic E-state index is 12.0. The third-order valence-electron chi connectivity index (χ3n) is 3.54. The fourth-order valence-corrected chi connectivity index (χ4v) is 2.54. The van der Waals surface area contributed by atoms with Crippen LogP contribution in [0.3, 0.4) is 0 Å². The highest BCUT2D eigenvalue weighted by molar-refractivity contribution is 5.86.